The highest BCUT2D eigenvalue weighted by Crippen LogP contribution is 2.38. The van der Waals surface area contributed by atoms with Crippen molar-refractivity contribution in [2.24, 2.45) is 0 Å². The molecule has 5 aromatic rings. The first-order valence-electron chi connectivity index (χ1n) is 11.2. The standard InChI is InChI=1S/C29H22ClN3O2/c1-19(34)35-24-15-13-20(14-16-24)18-31-23-10-5-9-22(17-23)27-25-11-6-12-26(30)29(25)33-32-28(27)21-7-3-2-4-8-21/h2-17,31H,18H2,1H3. The van der Waals surface area contributed by atoms with Gasteiger partial charge in [-0.1, -0.05) is 78.3 Å². The normalized spacial score (nSPS) is 10.8. The molecule has 1 heterocycles. The molecule has 1 N–H and O–H groups in total. The highest BCUT2D eigenvalue weighted by atomic mass is 35.5. The average molecular weight is 480 g/mol. The van der Waals surface area contributed by atoms with Crippen LogP contribution in [0.3, 0.4) is 0 Å². The number of anilines is 1. The molecule has 0 aliphatic carbocycles. The third-order valence-corrected chi connectivity index (χ3v) is 5.93. The Labute approximate surface area is 208 Å². The molecule has 6 heteroatoms. The molecule has 172 valence electrons. The van der Waals surface area contributed by atoms with Crippen molar-refractivity contribution in [3.05, 3.63) is 108 Å². The average Bonchev–Trinajstić information content (AvgIpc) is 2.88. The maximum absolute atomic E-state index is 11.1. The molecule has 35 heavy (non-hydrogen) atoms. The predicted octanol–water partition coefficient (Wildman–Crippen LogP) is 7.15. The molecule has 0 spiro atoms. The first-order valence-corrected chi connectivity index (χ1v) is 11.6. The number of hydrogen-bond acceptors (Lipinski definition) is 5. The molecule has 0 unspecified atom stereocenters. The van der Waals surface area contributed by atoms with Crippen LogP contribution in [0.15, 0.2) is 97.1 Å². The van der Waals surface area contributed by atoms with Crippen molar-refractivity contribution >= 4 is 34.2 Å². The van der Waals surface area contributed by atoms with Crippen LogP contribution in [-0.2, 0) is 11.3 Å². The van der Waals surface area contributed by atoms with Gasteiger partial charge in [0, 0.05) is 35.7 Å². The molecule has 0 aliphatic rings. The van der Waals surface area contributed by atoms with Gasteiger partial charge in [-0.05, 0) is 41.5 Å². The van der Waals surface area contributed by atoms with Crippen LogP contribution >= 0.6 is 11.6 Å². The minimum absolute atomic E-state index is 0.332. The molecule has 0 radical (unpaired) electrons. The number of esters is 1. The highest BCUT2D eigenvalue weighted by Gasteiger charge is 2.16. The van der Waals surface area contributed by atoms with E-state index < -0.39 is 0 Å². The second-order valence-corrected chi connectivity index (χ2v) is 8.50. The third-order valence-electron chi connectivity index (χ3n) is 5.62. The SMILES string of the molecule is CC(=O)Oc1ccc(CNc2cccc(-c3c(-c4ccccc4)nnc4c(Cl)cccc34)c2)cc1. The summed E-state index contributed by atoms with van der Waals surface area (Å²) in [6.07, 6.45) is 0. The fourth-order valence-corrected chi connectivity index (χ4v) is 4.23. The summed E-state index contributed by atoms with van der Waals surface area (Å²) >= 11 is 6.46. The zero-order valence-electron chi connectivity index (χ0n) is 19.0. The van der Waals surface area contributed by atoms with Crippen molar-refractivity contribution < 1.29 is 9.53 Å². The Kier molecular flexibility index (Phi) is 6.42. The van der Waals surface area contributed by atoms with Gasteiger partial charge < -0.3 is 10.1 Å². The number of hydrogen-bond donors (Lipinski definition) is 1. The summed E-state index contributed by atoms with van der Waals surface area (Å²) in [7, 11) is 0. The molecule has 0 aliphatic heterocycles. The van der Waals surface area contributed by atoms with Crippen LogP contribution in [0.2, 0.25) is 5.02 Å². The molecule has 0 amide bonds. The fourth-order valence-electron chi connectivity index (χ4n) is 4.02. The van der Waals surface area contributed by atoms with E-state index in [9.17, 15) is 4.79 Å². The van der Waals surface area contributed by atoms with Crippen molar-refractivity contribution in [1.29, 1.82) is 0 Å². The third kappa shape index (κ3) is 5.00. The van der Waals surface area contributed by atoms with Crippen LogP contribution in [0.4, 0.5) is 5.69 Å². The molecule has 0 fully saturated rings. The fraction of sp³-hybridized carbons (Fsp3) is 0.0690. The zero-order chi connectivity index (χ0) is 24.2. The topological polar surface area (TPSA) is 64.1 Å². The molecule has 0 atom stereocenters. The number of rotatable bonds is 6. The van der Waals surface area contributed by atoms with Crippen molar-refractivity contribution in [2.75, 3.05) is 5.32 Å². The number of nitrogens with one attached hydrogen (secondary N) is 1. The van der Waals surface area contributed by atoms with E-state index in [2.05, 4.69) is 27.6 Å². The summed E-state index contributed by atoms with van der Waals surface area (Å²) in [6, 6.07) is 31.5. The van der Waals surface area contributed by atoms with E-state index in [1.165, 1.54) is 6.92 Å². The Hall–Kier alpha value is -4.22. The van der Waals surface area contributed by atoms with E-state index in [0.717, 1.165) is 39.0 Å². The van der Waals surface area contributed by atoms with Gasteiger partial charge in [-0.25, -0.2) is 0 Å². The molecule has 0 bridgehead atoms. The summed E-state index contributed by atoms with van der Waals surface area (Å²) in [4.78, 5) is 11.1. The van der Waals surface area contributed by atoms with E-state index in [-0.39, 0.29) is 5.97 Å². The minimum Gasteiger partial charge on any atom is -0.427 e. The Morgan fingerprint density at radius 2 is 1.60 bits per heavy atom. The van der Waals surface area contributed by atoms with Crippen LogP contribution in [0.5, 0.6) is 5.75 Å². The molecule has 5 rings (SSSR count). The molecule has 4 aromatic carbocycles. The van der Waals surface area contributed by atoms with Gasteiger partial charge in [0.05, 0.1) is 5.02 Å². The lowest BCUT2D eigenvalue weighted by Crippen LogP contribution is -2.02. The predicted molar refractivity (Wildman–Crippen MR) is 140 cm³/mol. The first-order chi connectivity index (χ1) is 17.1. The highest BCUT2D eigenvalue weighted by molar-refractivity contribution is 6.35. The quantitative estimate of drug-likeness (QED) is 0.207. The number of carbonyl (C=O) groups is 1. The zero-order valence-corrected chi connectivity index (χ0v) is 19.8. The largest absolute Gasteiger partial charge is 0.427 e. The van der Waals surface area contributed by atoms with Crippen molar-refractivity contribution in [3.8, 4) is 28.1 Å². The molecule has 0 saturated carbocycles. The van der Waals surface area contributed by atoms with Crippen LogP contribution in [0, 0.1) is 0 Å². The maximum atomic E-state index is 11.1. The first kappa shape index (κ1) is 22.6. The van der Waals surface area contributed by atoms with Gasteiger partial charge in [0.15, 0.2) is 0 Å². The number of halogens is 1. The van der Waals surface area contributed by atoms with E-state index in [4.69, 9.17) is 16.3 Å². The second-order valence-electron chi connectivity index (χ2n) is 8.10. The van der Waals surface area contributed by atoms with Gasteiger partial charge in [-0.15, -0.1) is 10.2 Å². The van der Waals surface area contributed by atoms with Gasteiger partial charge in [0.2, 0.25) is 0 Å². The number of fused-ring (bicyclic) bond motifs is 1. The van der Waals surface area contributed by atoms with Gasteiger partial charge in [-0.3, -0.25) is 4.79 Å². The smallest absolute Gasteiger partial charge is 0.308 e. The molecular weight excluding hydrogens is 458 g/mol. The monoisotopic (exact) mass is 479 g/mol. The lowest BCUT2D eigenvalue weighted by molar-refractivity contribution is -0.131. The minimum atomic E-state index is -0.332. The number of ether oxygens (including phenoxy) is 1. The number of nitrogens with zero attached hydrogens (tertiary/aromatic N) is 2. The number of carbonyl (C=O) groups excluding carboxylic acids is 1. The lowest BCUT2D eigenvalue weighted by atomic mass is 9.95. The lowest BCUT2D eigenvalue weighted by Gasteiger charge is -2.14. The van der Waals surface area contributed by atoms with Gasteiger partial charge in [0.1, 0.15) is 17.0 Å². The number of benzene rings is 4. The summed E-state index contributed by atoms with van der Waals surface area (Å²) < 4.78 is 5.11. The van der Waals surface area contributed by atoms with Crippen molar-refractivity contribution in [3.63, 3.8) is 0 Å². The van der Waals surface area contributed by atoms with E-state index in [0.29, 0.717) is 22.8 Å². The van der Waals surface area contributed by atoms with E-state index in [1.54, 1.807) is 12.1 Å². The summed E-state index contributed by atoms with van der Waals surface area (Å²) in [5.74, 6) is 0.203. The molecular formula is C29H22ClN3O2. The number of aromatic nitrogens is 2. The van der Waals surface area contributed by atoms with E-state index in [1.807, 2.05) is 72.8 Å². The summed E-state index contributed by atoms with van der Waals surface area (Å²) in [6.45, 7) is 2.01. The second kappa shape index (κ2) is 9.95. The summed E-state index contributed by atoms with van der Waals surface area (Å²) in [5, 5.41) is 14.0. The Morgan fingerprint density at radius 1 is 0.857 bits per heavy atom. The summed E-state index contributed by atoms with van der Waals surface area (Å²) in [5.41, 5.74) is 6.51. The van der Waals surface area contributed by atoms with Crippen LogP contribution in [0.25, 0.3) is 33.3 Å². The van der Waals surface area contributed by atoms with Gasteiger partial charge >= 0.3 is 5.97 Å². The molecule has 5 nitrogen and oxygen atoms in total. The Bertz CT molecular complexity index is 1500. The van der Waals surface area contributed by atoms with Crippen molar-refractivity contribution in [2.45, 2.75) is 13.5 Å². The van der Waals surface area contributed by atoms with Crippen LogP contribution in [-0.4, -0.2) is 16.2 Å². The van der Waals surface area contributed by atoms with Crippen LogP contribution < -0.4 is 10.1 Å². The molecule has 1 aromatic heterocycles. The van der Waals surface area contributed by atoms with Gasteiger partial charge in [0.25, 0.3) is 0 Å². The van der Waals surface area contributed by atoms with Gasteiger partial charge in [-0.2, -0.15) is 0 Å². The van der Waals surface area contributed by atoms with Crippen LogP contribution in [0.1, 0.15) is 12.5 Å². The maximum Gasteiger partial charge on any atom is 0.308 e. The molecule has 0 saturated heterocycles. The Balaban J connectivity index is 1.50. The Morgan fingerprint density at radius 3 is 2.37 bits per heavy atom. The van der Waals surface area contributed by atoms with E-state index >= 15 is 0 Å². The van der Waals surface area contributed by atoms with Crippen molar-refractivity contribution in [1.82, 2.24) is 10.2 Å².